The van der Waals surface area contributed by atoms with Crippen LogP contribution in [-0.2, 0) is 5.60 Å². The van der Waals surface area contributed by atoms with Crippen LogP contribution < -0.4 is 5.32 Å². The number of nitrogens with zero attached hydrogens (tertiary/aromatic N) is 1. The number of carbonyl (C=O) groups excluding carboxylic acids is 1. The molecule has 0 fully saturated rings. The van der Waals surface area contributed by atoms with Crippen LogP contribution in [0.25, 0.3) is 0 Å². The highest BCUT2D eigenvalue weighted by atomic mass is 32.1. The molecule has 0 aliphatic carbocycles. The summed E-state index contributed by atoms with van der Waals surface area (Å²) >= 11 is 1.52. The van der Waals surface area contributed by atoms with Crippen molar-refractivity contribution in [2.24, 2.45) is 0 Å². The number of pyridine rings is 1. The largest absolute Gasteiger partial charge is 0.384 e. The van der Waals surface area contributed by atoms with E-state index in [0.29, 0.717) is 11.3 Å². The maximum absolute atomic E-state index is 12.1. The molecule has 0 aromatic carbocycles. The molecular formula is C15H18N2O2S. The standard InChI is InChI=1S/C15H18N2O2S/c1-10-4-5-13(11(2)17-10)14(18)16-9-15(3,19)12-6-7-20-8-12/h4-8,19H,9H2,1-3H3,(H,16,18). The highest BCUT2D eigenvalue weighted by molar-refractivity contribution is 7.08. The van der Waals surface area contributed by atoms with Crippen molar-refractivity contribution < 1.29 is 9.90 Å². The molecule has 2 heterocycles. The average Bonchev–Trinajstić information content (AvgIpc) is 2.90. The van der Waals surface area contributed by atoms with Gasteiger partial charge in [-0.1, -0.05) is 0 Å². The number of aromatic nitrogens is 1. The molecule has 0 bridgehead atoms. The van der Waals surface area contributed by atoms with E-state index in [1.54, 1.807) is 26.0 Å². The minimum Gasteiger partial charge on any atom is -0.384 e. The summed E-state index contributed by atoms with van der Waals surface area (Å²) in [6.07, 6.45) is 0. The van der Waals surface area contributed by atoms with Crippen molar-refractivity contribution in [3.63, 3.8) is 0 Å². The van der Waals surface area contributed by atoms with E-state index >= 15 is 0 Å². The second-order valence-electron chi connectivity index (χ2n) is 5.05. The number of nitrogens with one attached hydrogen (secondary N) is 1. The van der Waals surface area contributed by atoms with Crippen LogP contribution in [0.1, 0.15) is 34.2 Å². The maximum atomic E-state index is 12.1. The van der Waals surface area contributed by atoms with E-state index in [4.69, 9.17) is 0 Å². The summed E-state index contributed by atoms with van der Waals surface area (Å²) in [5.74, 6) is -0.217. The first-order valence-corrected chi connectivity index (χ1v) is 7.32. The molecule has 2 N–H and O–H groups in total. The van der Waals surface area contributed by atoms with Gasteiger partial charge in [-0.3, -0.25) is 9.78 Å². The second-order valence-corrected chi connectivity index (χ2v) is 5.83. The molecule has 20 heavy (non-hydrogen) atoms. The highest BCUT2D eigenvalue weighted by Gasteiger charge is 2.24. The van der Waals surface area contributed by atoms with E-state index in [0.717, 1.165) is 11.3 Å². The molecule has 4 nitrogen and oxygen atoms in total. The lowest BCUT2D eigenvalue weighted by molar-refractivity contribution is 0.0529. The molecule has 2 rings (SSSR count). The van der Waals surface area contributed by atoms with Crippen molar-refractivity contribution in [3.05, 3.63) is 51.5 Å². The summed E-state index contributed by atoms with van der Waals surface area (Å²) in [6, 6.07) is 5.42. The van der Waals surface area contributed by atoms with Gasteiger partial charge < -0.3 is 10.4 Å². The average molecular weight is 290 g/mol. The maximum Gasteiger partial charge on any atom is 0.253 e. The van der Waals surface area contributed by atoms with Gasteiger partial charge in [-0.25, -0.2) is 0 Å². The van der Waals surface area contributed by atoms with E-state index in [1.165, 1.54) is 11.3 Å². The number of aryl methyl sites for hydroxylation is 2. The summed E-state index contributed by atoms with van der Waals surface area (Å²) in [7, 11) is 0. The van der Waals surface area contributed by atoms with Gasteiger partial charge in [0.2, 0.25) is 0 Å². The van der Waals surface area contributed by atoms with Gasteiger partial charge in [0.25, 0.3) is 5.91 Å². The van der Waals surface area contributed by atoms with Crippen molar-refractivity contribution >= 4 is 17.2 Å². The van der Waals surface area contributed by atoms with E-state index in [1.807, 2.05) is 23.8 Å². The van der Waals surface area contributed by atoms with Gasteiger partial charge >= 0.3 is 0 Å². The SMILES string of the molecule is Cc1ccc(C(=O)NCC(C)(O)c2ccsc2)c(C)n1. The molecule has 5 heteroatoms. The summed E-state index contributed by atoms with van der Waals surface area (Å²) in [5, 5.41) is 16.9. The third kappa shape index (κ3) is 3.23. The number of amides is 1. The molecule has 1 atom stereocenters. The molecule has 0 aliphatic rings. The lowest BCUT2D eigenvalue weighted by Crippen LogP contribution is -2.38. The van der Waals surface area contributed by atoms with Crippen molar-refractivity contribution in [3.8, 4) is 0 Å². The van der Waals surface area contributed by atoms with Crippen molar-refractivity contribution in [1.82, 2.24) is 10.3 Å². The molecule has 1 amide bonds. The zero-order chi connectivity index (χ0) is 14.8. The van der Waals surface area contributed by atoms with Crippen molar-refractivity contribution in [2.75, 3.05) is 6.54 Å². The molecule has 106 valence electrons. The molecule has 2 aromatic rings. The highest BCUT2D eigenvalue weighted by Crippen LogP contribution is 2.22. The third-order valence-electron chi connectivity index (χ3n) is 3.21. The quantitative estimate of drug-likeness (QED) is 0.909. The minimum absolute atomic E-state index is 0.163. The van der Waals surface area contributed by atoms with Gasteiger partial charge in [-0.05, 0) is 55.3 Å². The zero-order valence-electron chi connectivity index (χ0n) is 11.8. The minimum atomic E-state index is -1.07. The number of aliphatic hydroxyl groups is 1. The predicted octanol–water partition coefficient (Wildman–Crippen LogP) is 2.40. The Kier molecular flexibility index (Phi) is 4.20. The first-order chi connectivity index (χ1) is 9.40. The summed E-state index contributed by atoms with van der Waals surface area (Å²) < 4.78 is 0. The van der Waals surface area contributed by atoms with Crippen LogP contribution in [0.3, 0.4) is 0 Å². The normalized spacial score (nSPS) is 13.8. The lowest BCUT2D eigenvalue weighted by atomic mass is 9.99. The first kappa shape index (κ1) is 14.7. The Labute approximate surface area is 122 Å². The first-order valence-electron chi connectivity index (χ1n) is 6.37. The van der Waals surface area contributed by atoms with Crippen LogP contribution in [0.2, 0.25) is 0 Å². The Morgan fingerprint density at radius 3 is 2.75 bits per heavy atom. The van der Waals surface area contributed by atoms with Gasteiger partial charge in [0.15, 0.2) is 0 Å². The zero-order valence-corrected chi connectivity index (χ0v) is 12.6. The Morgan fingerprint density at radius 1 is 1.40 bits per heavy atom. The molecule has 0 radical (unpaired) electrons. The van der Waals surface area contributed by atoms with Gasteiger partial charge in [-0.2, -0.15) is 11.3 Å². The molecule has 2 aromatic heterocycles. The fourth-order valence-electron chi connectivity index (χ4n) is 1.95. The fourth-order valence-corrected chi connectivity index (χ4v) is 2.73. The smallest absolute Gasteiger partial charge is 0.253 e. The number of thiophene rings is 1. The topological polar surface area (TPSA) is 62.2 Å². The lowest BCUT2D eigenvalue weighted by Gasteiger charge is -2.23. The number of hydrogen-bond donors (Lipinski definition) is 2. The Morgan fingerprint density at radius 2 is 2.15 bits per heavy atom. The fraction of sp³-hybridized carbons (Fsp3) is 0.333. The third-order valence-corrected chi connectivity index (χ3v) is 3.89. The summed E-state index contributed by atoms with van der Waals surface area (Å²) in [5.41, 5.74) is 1.85. The number of carbonyl (C=O) groups is 1. The van der Waals surface area contributed by atoms with E-state index in [9.17, 15) is 9.90 Å². The van der Waals surface area contributed by atoms with Gasteiger partial charge in [0, 0.05) is 5.69 Å². The van der Waals surface area contributed by atoms with Crippen molar-refractivity contribution in [2.45, 2.75) is 26.4 Å². The van der Waals surface area contributed by atoms with Gasteiger partial charge in [-0.15, -0.1) is 0 Å². The molecule has 0 spiro atoms. The monoisotopic (exact) mass is 290 g/mol. The summed E-state index contributed by atoms with van der Waals surface area (Å²) in [4.78, 5) is 16.4. The molecule has 1 unspecified atom stereocenters. The van der Waals surface area contributed by atoms with E-state index < -0.39 is 5.60 Å². The Balaban J connectivity index is 2.05. The Bertz CT molecular complexity index is 606. The summed E-state index contributed by atoms with van der Waals surface area (Å²) in [6.45, 7) is 5.54. The molecular weight excluding hydrogens is 272 g/mol. The number of rotatable bonds is 4. The van der Waals surface area contributed by atoms with Crippen molar-refractivity contribution in [1.29, 1.82) is 0 Å². The number of hydrogen-bond acceptors (Lipinski definition) is 4. The molecule has 0 saturated carbocycles. The predicted molar refractivity (Wildman–Crippen MR) is 79.9 cm³/mol. The van der Waals surface area contributed by atoms with E-state index in [2.05, 4.69) is 10.3 Å². The second kappa shape index (κ2) is 5.73. The van der Waals surface area contributed by atoms with Crippen LogP contribution in [-0.4, -0.2) is 22.5 Å². The van der Waals surface area contributed by atoms with Crippen LogP contribution >= 0.6 is 11.3 Å². The van der Waals surface area contributed by atoms with Crippen LogP contribution in [0.4, 0.5) is 0 Å². The van der Waals surface area contributed by atoms with Crippen LogP contribution in [0.15, 0.2) is 29.0 Å². The van der Waals surface area contributed by atoms with Crippen LogP contribution in [0.5, 0.6) is 0 Å². The van der Waals surface area contributed by atoms with Gasteiger partial charge in [0.1, 0.15) is 5.60 Å². The Hall–Kier alpha value is -1.72. The van der Waals surface area contributed by atoms with Gasteiger partial charge in [0.05, 0.1) is 17.8 Å². The molecule has 0 saturated heterocycles. The van der Waals surface area contributed by atoms with E-state index in [-0.39, 0.29) is 12.5 Å². The van der Waals surface area contributed by atoms with Crippen LogP contribution in [0, 0.1) is 13.8 Å². The molecule has 0 aliphatic heterocycles.